The molecule has 0 radical (unpaired) electrons. The number of amides is 1. The van der Waals surface area contributed by atoms with E-state index >= 15 is 0 Å². The lowest BCUT2D eigenvalue weighted by molar-refractivity contribution is -0.208. The van der Waals surface area contributed by atoms with E-state index in [1.807, 2.05) is 6.92 Å². The predicted molar refractivity (Wildman–Crippen MR) is 189 cm³/mol. The number of rotatable bonds is 15. The van der Waals surface area contributed by atoms with Crippen LogP contribution in [0.1, 0.15) is 65.0 Å². The van der Waals surface area contributed by atoms with Gasteiger partial charge in [0.25, 0.3) is 0 Å². The van der Waals surface area contributed by atoms with E-state index in [2.05, 4.69) is 15.6 Å². The van der Waals surface area contributed by atoms with Gasteiger partial charge in [-0.3, -0.25) is 9.59 Å². The van der Waals surface area contributed by atoms with Crippen LogP contribution in [0.5, 0.6) is 0 Å². The van der Waals surface area contributed by atoms with E-state index in [0.29, 0.717) is 18.5 Å². The molecule has 0 spiro atoms. The summed E-state index contributed by atoms with van der Waals surface area (Å²) < 4.78 is 20.0. The Labute approximate surface area is 304 Å². The van der Waals surface area contributed by atoms with Crippen LogP contribution in [-0.2, 0) is 41.6 Å². The number of carbonyl (C=O) groups excluding carboxylic acids is 2. The minimum absolute atomic E-state index is 0.0402. The summed E-state index contributed by atoms with van der Waals surface area (Å²) in [6, 6.07) is -4.01. The number of aliphatic carboxylic acids is 1. The van der Waals surface area contributed by atoms with Gasteiger partial charge in [0.15, 0.2) is 0 Å². The van der Waals surface area contributed by atoms with Gasteiger partial charge in [0.1, 0.15) is 17.7 Å². The van der Waals surface area contributed by atoms with Crippen LogP contribution in [0, 0.1) is 11.8 Å². The highest BCUT2D eigenvalue weighted by atomic mass is 16.6. The highest BCUT2D eigenvalue weighted by molar-refractivity contribution is 5.86. The fourth-order valence-corrected chi connectivity index (χ4v) is 7.83. The first-order chi connectivity index (χ1) is 24.4. The van der Waals surface area contributed by atoms with Gasteiger partial charge in [-0.2, -0.15) is 0 Å². The van der Waals surface area contributed by atoms with Gasteiger partial charge in [-0.25, -0.2) is 9.78 Å². The number of esters is 1. The van der Waals surface area contributed by atoms with Gasteiger partial charge in [0.05, 0.1) is 61.5 Å². The van der Waals surface area contributed by atoms with E-state index < -0.39 is 71.8 Å². The zero-order valence-electron chi connectivity index (χ0n) is 30.7. The van der Waals surface area contributed by atoms with Gasteiger partial charge in [-0.15, -0.1) is 0 Å². The Hall–Kier alpha value is -2.78. The molecule has 1 saturated carbocycles. The van der Waals surface area contributed by atoms with Gasteiger partial charge in [0, 0.05) is 55.2 Å². The lowest BCUT2D eigenvalue weighted by Crippen LogP contribution is -2.66. The lowest BCUT2D eigenvalue weighted by Gasteiger charge is -2.49. The van der Waals surface area contributed by atoms with E-state index in [-0.39, 0.29) is 68.7 Å². The maximum atomic E-state index is 13.3. The summed E-state index contributed by atoms with van der Waals surface area (Å²) in [5.74, 6) is -3.22. The number of nitrogens with two attached hydrogens (primary N) is 5. The molecule has 296 valence electrons. The molecule has 1 aromatic heterocycles. The summed E-state index contributed by atoms with van der Waals surface area (Å²) in [7, 11) is 1.66. The summed E-state index contributed by atoms with van der Waals surface area (Å²) in [6.07, 6.45) is 2.55. The highest BCUT2D eigenvalue weighted by Crippen LogP contribution is 2.39. The quantitative estimate of drug-likeness (QED) is 0.0803. The lowest BCUT2D eigenvalue weighted by atomic mass is 9.68. The number of carboxylic acids is 1. The monoisotopic (exact) mass is 739 g/mol. The number of likely N-dealkylation sites (N-methyl/N-ethyl adjacent to an activating group) is 1. The Morgan fingerprint density at radius 2 is 1.75 bits per heavy atom. The summed E-state index contributed by atoms with van der Waals surface area (Å²) in [6.45, 7) is 5.07. The van der Waals surface area contributed by atoms with E-state index in [9.17, 15) is 29.7 Å². The minimum atomic E-state index is -1.38. The van der Waals surface area contributed by atoms with Crippen LogP contribution >= 0.6 is 0 Å². The van der Waals surface area contributed by atoms with Crippen LogP contribution in [0.15, 0.2) is 12.5 Å². The van der Waals surface area contributed by atoms with Crippen LogP contribution < -0.4 is 39.3 Å². The average molecular weight is 740 g/mol. The molecule has 4 rings (SSSR count). The van der Waals surface area contributed by atoms with Crippen molar-refractivity contribution in [1.82, 2.24) is 20.2 Å². The molecule has 3 aliphatic rings. The van der Waals surface area contributed by atoms with Crippen LogP contribution in [0.4, 0.5) is 0 Å². The molecule has 15 atom stereocenters. The van der Waals surface area contributed by atoms with Gasteiger partial charge in [-0.1, -0.05) is 0 Å². The molecule has 0 bridgehead atoms. The van der Waals surface area contributed by atoms with Crippen molar-refractivity contribution in [2.24, 2.45) is 40.5 Å². The number of aliphatic hydroxyl groups is 2. The SMILES string of the molecule is CN[C@@H]1[C@@H](OC(=O)CCn2cnc(CC(NC(=O)C(C)N)C(=O)O)c2)[C@@H](C[C@@H]2[C@@H](O)[C@H](C[C@H]3O[C@H]([C@@H](C)N)CC[C@H]3N)[C@@H](N)C[C@H]2N)OC[C@]1(C)O. The van der Waals surface area contributed by atoms with Crippen molar-refractivity contribution >= 4 is 17.8 Å². The third kappa shape index (κ3) is 10.5. The van der Waals surface area contributed by atoms with Gasteiger partial charge < -0.3 is 73.4 Å². The Kier molecular flexibility index (Phi) is 14.6. The Morgan fingerprint density at radius 1 is 1.10 bits per heavy atom. The van der Waals surface area contributed by atoms with Crippen LogP contribution in [-0.4, -0.2) is 135 Å². The maximum Gasteiger partial charge on any atom is 0.326 e. The third-order valence-corrected chi connectivity index (χ3v) is 11.0. The second-order valence-corrected chi connectivity index (χ2v) is 15.3. The second kappa shape index (κ2) is 18.0. The van der Waals surface area contributed by atoms with Crippen LogP contribution in [0.25, 0.3) is 0 Å². The Balaban J connectivity index is 1.42. The summed E-state index contributed by atoms with van der Waals surface area (Å²) in [5, 5.41) is 38.0. The highest BCUT2D eigenvalue weighted by Gasteiger charge is 2.51. The van der Waals surface area contributed by atoms with Crippen LogP contribution in [0.3, 0.4) is 0 Å². The van der Waals surface area contributed by atoms with Crippen molar-refractivity contribution in [2.45, 2.75) is 151 Å². The molecule has 15 N–H and O–H groups in total. The number of aromatic nitrogens is 2. The number of ether oxygens (including phenoxy) is 3. The number of imidazole rings is 1. The smallest absolute Gasteiger partial charge is 0.326 e. The van der Waals surface area contributed by atoms with E-state index in [4.69, 9.17) is 42.9 Å². The molecule has 18 heteroatoms. The molecule has 2 saturated heterocycles. The third-order valence-electron chi connectivity index (χ3n) is 11.0. The first-order valence-electron chi connectivity index (χ1n) is 18.3. The van der Waals surface area contributed by atoms with E-state index in [1.165, 1.54) is 13.3 Å². The number of nitrogens with zero attached hydrogens (tertiary/aromatic N) is 2. The zero-order chi connectivity index (χ0) is 38.5. The van der Waals surface area contributed by atoms with Crippen molar-refractivity contribution in [3.05, 3.63) is 18.2 Å². The number of carboxylic acid groups (broad SMARTS) is 1. The normalized spacial score (nSPS) is 37.1. The number of carbonyl (C=O) groups is 3. The summed E-state index contributed by atoms with van der Waals surface area (Å²) in [4.78, 5) is 41.2. The van der Waals surface area contributed by atoms with Crippen molar-refractivity contribution in [3.63, 3.8) is 0 Å². The van der Waals surface area contributed by atoms with Crippen molar-refractivity contribution in [3.8, 4) is 0 Å². The van der Waals surface area contributed by atoms with Crippen molar-refractivity contribution < 1.29 is 43.9 Å². The number of nitrogens with one attached hydrogen (secondary N) is 2. The largest absolute Gasteiger partial charge is 0.480 e. The standard InChI is InChI=1S/C34H61N9O9/c1-16(35)25-6-5-21(37)26(51-25)10-19-22(38)12-23(39)20(29(19)45)11-27-30(31(40-4)34(3,49)14-50-27)52-28(44)7-8-43-13-18(41-15-43)9-24(33(47)48)42-32(46)17(2)36/h13,15-17,19-27,29-31,40,45,49H,5-12,14,35-39H2,1-4H3,(H,42,46)(H,47,48)/t16-,17?,19-,20+,21-,22+,23-,24?,25+,26-,27-,29+,30+,31-,34+/m1/s1. The number of aliphatic hydroxyl groups excluding tert-OH is 1. The average Bonchev–Trinajstić information content (AvgIpc) is 3.52. The molecule has 1 amide bonds. The minimum Gasteiger partial charge on any atom is -0.480 e. The van der Waals surface area contributed by atoms with Crippen molar-refractivity contribution in [2.75, 3.05) is 13.7 Å². The molecule has 2 aliphatic heterocycles. The number of hydrogen-bond acceptors (Lipinski definition) is 15. The number of aryl methyl sites for hydroxylation is 1. The first kappa shape index (κ1) is 42.0. The molecule has 1 aromatic rings. The van der Waals surface area contributed by atoms with Gasteiger partial charge in [-0.05, 0) is 59.9 Å². The summed E-state index contributed by atoms with van der Waals surface area (Å²) in [5.41, 5.74) is 30.3. The first-order valence-corrected chi connectivity index (χ1v) is 18.3. The molecule has 2 unspecified atom stereocenters. The molecule has 3 fully saturated rings. The van der Waals surface area contributed by atoms with Crippen molar-refractivity contribution in [1.29, 1.82) is 0 Å². The van der Waals surface area contributed by atoms with E-state index in [0.717, 1.165) is 12.8 Å². The Bertz CT molecular complexity index is 1350. The second-order valence-electron chi connectivity index (χ2n) is 15.3. The predicted octanol–water partition coefficient (Wildman–Crippen LogP) is -2.96. The van der Waals surface area contributed by atoms with Gasteiger partial charge >= 0.3 is 11.9 Å². The topological polar surface area (TPSA) is 312 Å². The molecule has 3 heterocycles. The van der Waals surface area contributed by atoms with E-state index in [1.54, 1.807) is 24.7 Å². The molecular formula is C34H61N9O9. The molecule has 52 heavy (non-hydrogen) atoms. The zero-order valence-corrected chi connectivity index (χ0v) is 30.7. The van der Waals surface area contributed by atoms with Crippen LogP contribution in [0.2, 0.25) is 0 Å². The molecule has 18 nitrogen and oxygen atoms in total. The maximum absolute atomic E-state index is 13.3. The summed E-state index contributed by atoms with van der Waals surface area (Å²) >= 11 is 0. The fourth-order valence-electron chi connectivity index (χ4n) is 7.83. The molecule has 0 aromatic carbocycles. The number of hydrogen-bond donors (Lipinski definition) is 10. The molecule has 1 aliphatic carbocycles. The van der Waals surface area contributed by atoms with Gasteiger partial charge in [0.2, 0.25) is 5.91 Å². The molecular weight excluding hydrogens is 678 g/mol. The Morgan fingerprint density at radius 3 is 2.35 bits per heavy atom. The fraction of sp³-hybridized carbons (Fsp3) is 0.824.